The third-order valence-corrected chi connectivity index (χ3v) is 3.39. The Balaban J connectivity index is 1.98. The summed E-state index contributed by atoms with van der Waals surface area (Å²) in [6.07, 6.45) is 0.127. The van der Waals surface area contributed by atoms with Gasteiger partial charge < -0.3 is 10.4 Å². The monoisotopic (exact) mass is 326 g/mol. The van der Waals surface area contributed by atoms with Gasteiger partial charge in [-0.25, -0.2) is 9.59 Å². The van der Waals surface area contributed by atoms with Gasteiger partial charge in [0, 0.05) is 12.0 Å². The summed E-state index contributed by atoms with van der Waals surface area (Å²) in [6.45, 7) is 1.83. The maximum Gasteiger partial charge on any atom is 0.326 e. The highest BCUT2D eigenvalue weighted by atomic mass is 16.4. The predicted octanol–water partition coefficient (Wildman–Crippen LogP) is 2.13. The van der Waals surface area contributed by atoms with Crippen molar-refractivity contribution in [3.05, 3.63) is 71.3 Å². The number of aryl methyl sites for hydroxylation is 1. The SMILES string of the molecule is Cc1cccc(C(=O)NC(=O)NC(Cc2ccccc2)C(=O)O)c1. The summed E-state index contributed by atoms with van der Waals surface area (Å²) in [5, 5.41) is 13.7. The normalized spacial score (nSPS) is 11.4. The van der Waals surface area contributed by atoms with Crippen LogP contribution in [-0.4, -0.2) is 29.1 Å². The summed E-state index contributed by atoms with van der Waals surface area (Å²) in [7, 11) is 0. The van der Waals surface area contributed by atoms with Crippen molar-refractivity contribution >= 4 is 17.9 Å². The van der Waals surface area contributed by atoms with Gasteiger partial charge in [0.2, 0.25) is 0 Å². The molecule has 6 heteroatoms. The summed E-state index contributed by atoms with van der Waals surface area (Å²) < 4.78 is 0. The molecule has 0 aliphatic heterocycles. The van der Waals surface area contributed by atoms with Crippen molar-refractivity contribution < 1.29 is 19.5 Å². The van der Waals surface area contributed by atoms with Crippen molar-refractivity contribution in [2.24, 2.45) is 0 Å². The largest absolute Gasteiger partial charge is 0.480 e. The molecule has 2 aromatic rings. The minimum absolute atomic E-state index is 0.127. The number of aliphatic carboxylic acids is 1. The first kappa shape index (κ1) is 17.2. The first-order valence-corrected chi connectivity index (χ1v) is 7.41. The average molecular weight is 326 g/mol. The number of carbonyl (C=O) groups is 3. The number of hydrogen-bond donors (Lipinski definition) is 3. The van der Waals surface area contributed by atoms with E-state index in [1.807, 2.05) is 19.1 Å². The fourth-order valence-electron chi connectivity index (χ4n) is 2.21. The van der Waals surface area contributed by atoms with Gasteiger partial charge in [-0.1, -0.05) is 48.0 Å². The second-order valence-corrected chi connectivity index (χ2v) is 5.38. The lowest BCUT2D eigenvalue weighted by Gasteiger charge is -2.15. The Labute approximate surface area is 139 Å². The molecule has 1 atom stereocenters. The molecule has 124 valence electrons. The molecule has 2 aromatic carbocycles. The molecule has 0 saturated carbocycles. The number of nitrogens with one attached hydrogen (secondary N) is 2. The van der Waals surface area contributed by atoms with Crippen LogP contribution in [0.15, 0.2) is 54.6 Å². The number of urea groups is 1. The highest BCUT2D eigenvalue weighted by Gasteiger charge is 2.21. The summed E-state index contributed by atoms with van der Waals surface area (Å²) in [4.78, 5) is 35.2. The van der Waals surface area contributed by atoms with Crippen LogP contribution in [0.3, 0.4) is 0 Å². The third-order valence-electron chi connectivity index (χ3n) is 3.39. The van der Waals surface area contributed by atoms with Gasteiger partial charge in [0.1, 0.15) is 6.04 Å². The predicted molar refractivity (Wildman–Crippen MR) is 88.7 cm³/mol. The molecule has 6 nitrogen and oxygen atoms in total. The molecule has 24 heavy (non-hydrogen) atoms. The van der Waals surface area contributed by atoms with Crippen LogP contribution in [-0.2, 0) is 11.2 Å². The Morgan fingerprint density at radius 2 is 1.75 bits per heavy atom. The lowest BCUT2D eigenvalue weighted by atomic mass is 10.1. The van der Waals surface area contributed by atoms with Gasteiger partial charge in [-0.3, -0.25) is 10.1 Å². The van der Waals surface area contributed by atoms with Crippen LogP contribution in [0.4, 0.5) is 4.79 Å². The van der Waals surface area contributed by atoms with Crippen LogP contribution in [0.1, 0.15) is 21.5 Å². The summed E-state index contributed by atoms with van der Waals surface area (Å²) >= 11 is 0. The molecule has 3 amide bonds. The van der Waals surface area contributed by atoms with E-state index in [0.29, 0.717) is 5.56 Å². The van der Waals surface area contributed by atoms with Crippen LogP contribution >= 0.6 is 0 Å². The van der Waals surface area contributed by atoms with E-state index in [4.69, 9.17) is 0 Å². The second kappa shape index (κ2) is 7.92. The van der Waals surface area contributed by atoms with E-state index in [1.165, 1.54) is 0 Å². The summed E-state index contributed by atoms with van der Waals surface area (Å²) in [5.41, 5.74) is 1.99. The molecule has 0 fully saturated rings. The van der Waals surface area contributed by atoms with Crippen molar-refractivity contribution in [2.75, 3.05) is 0 Å². The minimum Gasteiger partial charge on any atom is -0.480 e. The van der Waals surface area contributed by atoms with E-state index in [0.717, 1.165) is 11.1 Å². The standard InChI is InChI=1S/C18H18N2O4/c1-12-6-5-9-14(10-12)16(21)20-18(24)19-15(17(22)23)11-13-7-3-2-4-8-13/h2-10,15H,11H2,1H3,(H,22,23)(H2,19,20,21,24). The lowest BCUT2D eigenvalue weighted by molar-refractivity contribution is -0.139. The van der Waals surface area contributed by atoms with Crippen LogP contribution < -0.4 is 10.6 Å². The zero-order valence-electron chi connectivity index (χ0n) is 13.2. The van der Waals surface area contributed by atoms with E-state index in [-0.39, 0.29) is 6.42 Å². The van der Waals surface area contributed by atoms with Crippen molar-refractivity contribution in [2.45, 2.75) is 19.4 Å². The highest BCUT2D eigenvalue weighted by molar-refractivity contribution is 6.04. The zero-order valence-corrected chi connectivity index (χ0v) is 13.2. The van der Waals surface area contributed by atoms with E-state index in [2.05, 4.69) is 10.6 Å². The number of carbonyl (C=O) groups excluding carboxylic acids is 2. The van der Waals surface area contributed by atoms with Crippen LogP contribution in [0.25, 0.3) is 0 Å². The van der Waals surface area contributed by atoms with Crippen LogP contribution in [0.2, 0.25) is 0 Å². The quantitative estimate of drug-likeness (QED) is 0.784. The Hall–Kier alpha value is -3.15. The van der Waals surface area contributed by atoms with Crippen LogP contribution in [0.5, 0.6) is 0 Å². The first-order chi connectivity index (χ1) is 11.5. The zero-order chi connectivity index (χ0) is 17.5. The summed E-state index contributed by atoms with van der Waals surface area (Å²) in [5.74, 6) is -1.75. The number of rotatable bonds is 5. The molecule has 0 heterocycles. The smallest absolute Gasteiger partial charge is 0.326 e. The van der Waals surface area contributed by atoms with Crippen molar-refractivity contribution in [1.82, 2.24) is 10.6 Å². The molecule has 2 rings (SSSR count). The number of carboxylic acids is 1. The van der Waals surface area contributed by atoms with Crippen molar-refractivity contribution in [3.8, 4) is 0 Å². The molecule has 0 radical (unpaired) electrons. The van der Waals surface area contributed by atoms with E-state index < -0.39 is 23.9 Å². The number of benzene rings is 2. The molecular formula is C18H18N2O4. The topological polar surface area (TPSA) is 95.5 Å². The van der Waals surface area contributed by atoms with Gasteiger partial charge in [0.15, 0.2) is 0 Å². The fourth-order valence-corrected chi connectivity index (χ4v) is 2.21. The molecule has 0 aliphatic rings. The van der Waals surface area contributed by atoms with Crippen molar-refractivity contribution in [3.63, 3.8) is 0 Å². The fraction of sp³-hybridized carbons (Fsp3) is 0.167. The Kier molecular flexibility index (Phi) is 5.68. The Bertz CT molecular complexity index is 744. The molecule has 1 unspecified atom stereocenters. The van der Waals surface area contributed by atoms with Crippen molar-refractivity contribution in [1.29, 1.82) is 0 Å². The number of carboxylic acid groups (broad SMARTS) is 1. The van der Waals surface area contributed by atoms with Gasteiger partial charge in [-0.2, -0.15) is 0 Å². The Morgan fingerprint density at radius 1 is 1.04 bits per heavy atom. The molecule has 3 N–H and O–H groups in total. The maximum absolute atomic E-state index is 12.0. The molecule has 0 aliphatic carbocycles. The van der Waals surface area contributed by atoms with E-state index in [9.17, 15) is 19.5 Å². The Morgan fingerprint density at radius 3 is 2.38 bits per heavy atom. The molecular weight excluding hydrogens is 308 g/mol. The third kappa shape index (κ3) is 4.95. The van der Waals surface area contributed by atoms with E-state index in [1.54, 1.807) is 42.5 Å². The number of imide groups is 1. The average Bonchev–Trinajstić information content (AvgIpc) is 2.55. The van der Waals surface area contributed by atoms with Gasteiger partial charge in [0.25, 0.3) is 5.91 Å². The second-order valence-electron chi connectivity index (χ2n) is 5.38. The number of hydrogen-bond acceptors (Lipinski definition) is 3. The molecule has 0 bridgehead atoms. The highest BCUT2D eigenvalue weighted by Crippen LogP contribution is 2.05. The van der Waals surface area contributed by atoms with Gasteiger partial charge >= 0.3 is 12.0 Å². The van der Waals surface area contributed by atoms with E-state index >= 15 is 0 Å². The molecule has 0 saturated heterocycles. The van der Waals surface area contributed by atoms with Gasteiger partial charge in [-0.05, 0) is 24.6 Å². The summed E-state index contributed by atoms with van der Waals surface area (Å²) in [6, 6.07) is 13.7. The first-order valence-electron chi connectivity index (χ1n) is 7.41. The number of amides is 3. The van der Waals surface area contributed by atoms with Gasteiger partial charge in [-0.15, -0.1) is 0 Å². The van der Waals surface area contributed by atoms with Crippen LogP contribution in [0, 0.1) is 6.92 Å². The lowest BCUT2D eigenvalue weighted by Crippen LogP contribution is -2.48. The molecule has 0 aromatic heterocycles. The molecule has 0 spiro atoms. The van der Waals surface area contributed by atoms with Gasteiger partial charge in [0.05, 0.1) is 0 Å². The minimum atomic E-state index is -1.17. The maximum atomic E-state index is 12.0.